The molecule has 1 heterocycles. The normalized spacial score (nSPS) is 19.3. The van der Waals surface area contributed by atoms with Crippen LogP contribution in [0.4, 0.5) is 0 Å². The molecule has 1 aliphatic heterocycles. The number of carbonyl (C=O) groups is 1. The van der Waals surface area contributed by atoms with Gasteiger partial charge in [0.15, 0.2) is 5.78 Å². The minimum atomic E-state index is -0.253. The highest BCUT2D eigenvalue weighted by atomic mass is 16.3. The number of Topliss-reactive ketones (excluding diaryl/α,β-unsaturated/α-hetero) is 1. The second-order valence-electron chi connectivity index (χ2n) is 4.31. The molecular weight excluding hydrogens is 206 g/mol. The van der Waals surface area contributed by atoms with Crippen LogP contribution in [0.15, 0.2) is 11.3 Å². The minimum absolute atomic E-state index is 0.0659. The lowest BCUT2D eigenvalue weighted by molar-refractivity contribution is -0.883. The fourth-order valence-corrected chi connectivity index (χ4v) is 1.86. The molecule has 0 aliphatic carbocycles. The molecule has 0 radical (unpaired) electrons. The predicted octanol–water partition coefficient (Wildman–Crippen LogP) is -0.785. The molecule has 0 aromatic carbocycles. The molecule has 1 fully saturated rings. The minimum Gasteiger partial charge on any atom is -0.512 e. The van der Waals surface area contributed by atoms with Crippen LogP contribution >= 0.6 is 0 Å². The van der Waals surface area contributed by atoms with Gasteiger partial charge in [0.25, 0.3) is 0 Å². The molecule has 0 bridgehead atoms. The van der Waals surface area contributed by atoms with Crippen LogP contribution < -0.4 is 4.90 Å². The van der Waals surface area contributed by atoms with Crippen molar-refractivity contribution in [1.29, 1.82) is 5.41 Å². The quantitative estimate of drug-likeness (QED) is 0.250. The van der Waals surface area contributed by atoms with Crippen molar-refractivity contribution < 1.29 is 14.8 Å². The van der Waals surface area contributed by atoms with E-state index >= 15 is 0 Å². The van der Waals surface area contributed by atoms with Gasteiger partial charge >= 0.3 is 0 Å². The Kier molecular flexibility index (Phi) is 4.06. The number of hydrogen-bond donors (Lipinski definition) is 3. The number of aliphatic hydroxyl groups is 1. The summed E-state index contributed by atoms with van der Waals surface area (Å²) in [5.74, 6) is -0.167. The fourth-order valence-electron chi connectivity index (χ4n) is 1.86. The van der Waals surface area contributed by atoms with Crippen LogP contribution in [0.5, 0.6) is 0 Å². The predicted molar refractivity (Wildman–Crippen MR) is 61.9 cm³/mol. The first-order valence-electron chi connectivity index (χ1n) is 5.49. The maximum absolute atomic E-state index is 11.3. The van der Waals surface area contributed by atoms with E-state index in [0.717, 1.165) is 26.2 Å². The molecule has 1 aliphatic rings. The van der Waals surface area contributed by atoms with Crippen LogP contribution in [-0.2, 0) is 4.79 Å². The number of nitrogens with zero attached hydrogens (tertiary/aromatic N) is 1. The number of piperazine rings is 1. The first-order chi connectivity index (χ1) is 7.43. The van der Waals surface area contributed by atoms with E-state index in [-0.39, 0.29) is 23.0 Å². The van der Waals surface area contributed by atoms with Gasteiger partial charge in [0.05, 0.1) is 38.8 Å². The lowest BCUT2D eigenvalue weighted by Crippen LogP contribution is -3.12. The number of quaternary nitrogens is 1. The Balaban J connectivity index is 2.77. The van der Waals surface area contributed by atoms with E-state index < -0.39 is 0 Å². The van der Waals surface area contributed by atoms with E-state index in [1.165, 1.54) is 18.7 Å². The summed E-state index contributed by atoms with van der Waals surface area (Å²) in [5, 5.41) is 17.4. The van der Waals surface area contributed by atoms with Crippen molar-refractivity contribution in [1.82, 2.24) is 4.90 Å². The number of aliphatic hydroxyl groups excluding tert-OH is 1. The molecule has 1 rings (SSSR count). The van der Waals surface area contributed by atoms with Gasteiger partial charge < -0.3 is 14.9 Å². The monoisotopic (exact) mass is 226 g/mol. The number of rotatable bonds is 2. The number of ketones is 1. The van der Waals surface area contributed by atoms with E-state index in [4.69, 9.17) is 5.41 Å². The van der Waals surface area contributed by atoms with Gasteiger partial charge in [-0.3, -0.25) is 10.2 Å². The molecule has 0 spiro atoms. The van der Waals surface area contributed by atoms with Crippen molar-refractivity contribution in [3.8, 4) is 0 Å². The Morgan fingerprint density at radius 2 is 1.81 bits per heavy atom. The van der Waals surface area contributed by atoms with Gasteiger partial charge in [0.1, 0.15) is 11.6 Å². The topological polar surface area (TPSA) is 68.8 Å². The highest BCUT2D eigenvalue weighted by Gasteiger charge is 2.24. The van der Waals surface area contributed by atoms with Gasteiger partial charge in [-0.25, -0.2) is 0 Å². The molecule has 90 valence electrons. The van der Waals surface area contributed by atoms with Gasteiger partial charge in [0, 0.05) is 0 Å². The van der Waals surface area contributed by atoms with Crippen molar-refractivity contribution in [2.45, 2.75) is 13.8 Å². The highest BCUT2D eigenvalue weighted by Crippen LogP contribution is 2.08. The van der Waals surface area contributed by atoms with E-state index in [9.17, 15) is 9.90 Å². The van der Waals surface area contributed by atoms with Gasteiger partial charge in [-0.1, -0.05) is 0 Å². The van der Waals surface area contributed by atoms with Crippen LogP contribution in [-0.4, -0.2) is 54.9 Å². The Hall–Kier alpha value is -1.36. The summed E-state index contributed by atoms with van der Waals surface area (Å²) in [7, 11) is 2.11. The Morgan fingerprint density at radius 3 is 2.19 bits per heavy atom. The summed E-state index contributed by atoms with van der Waals surface area (Å²) in [4.78, 5) is 14.6. The summed E-state index contributed by atoms with van der Waals surface area (Å²) >= 11 is 0. The van der Waals surface area contributed by atoms with Crippen molar-refractivity contribution in [2.75, 3.05) is 33.2 Å². The van der Waals surface area contributed by atoms with E-state index in [1.807, 2.05) is 4.90 Å². The first-order valence-corrected chi connectivity index (χ1v) is 5.49. The van der Waals surface area contributed by atoms with Crippen LogP contribution in [0.25, 0.3) is 0 Å². The summed E-state index contributed by atoms with van der Waals surface area (Å²) in [6.45, 7) is 6.26. The largest absolute Gasteiger partial charge is 0.512 e. The van der Waals surface area contributed by atoms with Crippen molar-refractivity contribution >= 4 is 11.6 Å². The summed E-state index contributed by atoms with van der Waals surface area (Å²) in [6, 6.07) is 0. The smallest absolute Gasteiger partial charge is 0.166 e. The van der Waals surface area contributed by atoms with Gasteiger partial charge in [-0.05, 0) is 13.8 Å². The zero-order valence-electron chi connectivity index (χ0n) is 10.1. The first kappa shape index (κ1) is 12.7. The maximum Gasteiger partial charge on any atom is 0.166 e. The molecule has 3 N–H and O–H groups in total. The van der Waals surface area contributed by atoms with Crippen molar-refractivity contribution in [3.05, 3.63) is 11.3 Å². The average molecular weight is 226 g/mol. The summed E-state index contributed by atoms with van der Waals surface area (Å²) in [5.41, 5.74) is 0.138. The summed E-state index contributed by atoms with van der Waals surface area (Å²) < 4.78 is 0. The van der Waals surface area contributed by atoms with Crippen LogP contribution in [0.1, 0.15) is 13.8 Å². The lowest BCUT2D eigenvalue weighted by atomic mass is 10.1. The number of likely N-dealkylation sites (N-methyl/N-ethyl adjacent to an activating group) is 1. The van der Waals surface area contributed by atoms with Gasteiger partial charge in [0.2, 0.25) is 0 Å². The number of amidine groups is 1. The second kappa shape index (κ2) is 5.12. The fraction of sp³-hybridized carbons (Fsp3) is 0.636. The lowest BCUT2D eigenvalue weighted by Gasteiger charge is -2.32. The van der Waals surface area contributed by atoms with E-state index in [2.05, 4.69) is 7.05 Å². The molecule has 0 amide bonds. The Labute approximate surface area is 95.9 Å². The zero-order valence-corrected chi connectivity index (χ0v) is 10.1. The molecule has 0 aromatic heterocycles. The van der Waals surface area contributed by atoms with Crippen LogP contribution in [0.2, 0.25) is 0 Å². The number of hydrogen-bond acceptors (Lipinski definition) is 3. The molecular formula is C11H20N3O2+. The molecule has 5 heteroatoms. The van der Waals surface area contributed by atoms with Gasteiger partial charge in [-0.15, -0.1) is 0 Å². The highest BCUT2D eigenvalue weighted by molar-refractivity contribution is 6.19. The van der Waals surface area contributed by atoms with E-state index in [1.54, 1.807) is 0 Å². The third-order valence-corrected chi connectivity index (χ3v) is 2.88. The van der Waals surface area contributed by atoms with Crippen LogP contribution in [0.3, 0.4) is 0 Å². The molecule has 16 heavy (non-hydrogen) atoms. The summed E-state index contributed by atoms with van der Waals surface area (Å²) in [6.07, 6.45) is 0. The molecule has 0 atom stereocenters. The van der Waals surface area contributed by atoms with Crippen LogP contribution in [0, 0.1) is 5.41 Å². The van der Waals surface area contributed by atoms with Crippen molar-refractivity contribution in [3.63, 3.8) is 0 Å². The molecule has 5 nitrogen and oxygen atoms in total. The number of carbonyl (C=O) groups excluding carboxylic acids is 1. The maximum atomic E-state index is 11.3. The second-order valence-corrected chi connectivity index (χ2v) is 4.31. The van der Waals surface area contributed by atoms with Crippen molar-refractivity contribution in [2.24, 2.45) is 0 Å². The Morgan fingerprint density at radius 1 is 1.31 bits per heavy atom. The molecule has 1 saturated heterocycles. The SMILES string of the molecule is CC(=O)/C(C(=N)N1CC[NH+](C)CC1)=C(\C)O. The Bertz CT molecular complexity index is 324. The number of allylic oxidation sites excluding steroid dienone is 1. The molecule has 0 aromatic rings. The zero-order chi connectivity index (χ0) is 12.3. The number of nitrogens with one attached hydrogen (secondary N) is 2. The van der Waals surface area contributed by atoms with E-state index in [0.29, 0.717) is 0 Å². The average Bonchev–Trinajstić information content (AvgIpc) is 2.17. The van der Waals surface area contributed by atoms with Gasteiger partial charge in [-0.2, -0.15) is 0 Å². The third kappa shape index (κ3) is 2.82. The third-order valence-electron chi connectivity index (χ3n) is 2.88. The molecule has 0 unspecified atom stereocenters. The molecule has 0 saturated carbocycles. The standard InChI is InChI=1S/C11H19N3O2/c1-8(15)10(9(2)16)11(12)14-6-4-13(3)5-7-14/h12,15H,4-7H2,1-3H3/p+1/b10-8-,12-11?.